The molecule has 0 aromatic carbocycles. The highest BCUT2D eigenvalue weighted by Crippen LogP contribution is 2.36. The van der Waals surface area contributed by atoms with Crippen molar-refractivity contribution in [2.75, 3.05) is 55.3 Å². The lowest BCUT2D eigenvalue weighted by atomic mass is 10.2. The zero-order chi connectivity index (χ0) is 25.7. The zero-order valence-electron chi connectivity index (χ0n) is 21.3. The average Bonchev–Trinajstić information content (AvgIpc) is 3.52. The number of hydrogen-bond donors (Lipinski definition) is 5. The van der Waals surface area contributed by atoms with Crippen LogP contribution in [0, 0.1) is 5.41 Å². The minimum Gasteiger partial charge on any atom is -0.392 e. The minimum absolute atomic E-state index is 0.166. The summed E-state index contributed by atoms with van der Waals surface area (Å²) in [6, 6.07) is 5.93. The van der Waals surface area contributed by atoms with Crippen LogP contribution in [0.1, 0.15) is 54.7 Å². The molecule has 0 bridgehead atoms. The van der Waals surface area contributed by atoms with E-state index >= 15 is 0 Å². The van der Waals surface area contributed by atoms with E-state index in [9.17, 15) is 9.90 Å². The van der Waals surface area contributed by atoms with Gasteiger partial charge in [-0.2, -0.15) is 0 Å². The molecule has 2 aromatic rings. The van der Waals surface area contributed by atoms with Crippen molar-refractivity contribution in [3.05, 3.63) is 48.1 Å². The third-order valence-corrected chi connectivity index (χ3v) is 6.93. The molecule has 0 unspecified atom stereocenters. The minimum atomic E-state index is -0.309. The number of amides is 1. The zero-order valence-corrected chi connectivity index (χ0v) is 21.3. The van der Waals surface area contributed by atoms with Crippen molar-refractivity contribution in [1.29, 1.82) is 5.41 Å². The van der Waals surface area contributed by atoms with Gasteiger partial charge in [0.25, 0.3) is 5.91 Å². The van der Waals surface area contributed by atoms with Crippen LogP contribution in [-0.4, -0.2) is 77.6 Å². The van der Waals surface area contributed by atoms with E-state index < -0.39 is 0 Å². The maximum absolute atomic E-state index is 12.6. The number of anilines is 3. The summed E-state index contributed by atoms with van der Waals surface area (Å²) in [5, 5.41) is 26.7. The van der Waals surface area contributed by atoms with Crippen molar-refractivity contribution in [3.63, 3.8) is 0 Å². The summed E-state index contributed by atoms with van der Waals surface area (Å²) >= 11 is 0. The maximum atomic E-state index is 12.6. The molecule has 1 atom stereocenters. The van der Waals surface area contributed by atoms with Crippen LogP contribution in [0.25, 0.3) is 0 Å². The van der Waals surface area contributed by atoms with Gasteiger partial charge in [-0.05, 0) is 38.0 Å². The first-order chi connectivity index (χ1) is 17.4. The van der Waals surface area contributed by atoms with E-state index in [-0.39, 0.29) is 18.1 Å². The third-order valence-electron chi connectivity index (χ3n) is 6.93. The molecule has 36 heavy (non-hydrogen) atoms. The molecule has 1 amide bonds. The fourth-order valence-electron chi connectivity index (χ4n) is 5.17. The summed E-state index contributed by atoms with van der Waals surface area (Å²) in [5.41, 5.74) is 2.25. The highest BCUT2D eigenvalue weighted by Gasteiger charge is 2.27. The fourth-order valence-corrected chi connectivity index (χ4v) is 5.17. The lowest BCUT2D eigenvalue weighted by molar-refractivity contribution is 0.0952. The van der Waals surface area contributed by atoms with E-state index in [1.807, 2.05) is 29.8 Å². The van der Waals surface area contributed by atoms with Gasteiger partial charge in [-0.15, -0.1) is 0 Å². The van der Waals surface area contributed by atoms with E-state index in [1.165, 1.54) is 6.21 Å². The monoisotopic (exact) mass is 494 g/mol. The van der Waals surface area contributed by atoms with Crippen LogP contribution < -0.4 is 20.9 Å². The molecule has 5 N–H and O–H groups in total. The molecule has 194 valence electrons. The first kappa shape index (κ1) is 25.7. The molecule has 1 aliphatic heterocycles. The lowest BCUT2D eigenvalue weighted by Gasteiger charge is -2.36. The third kappa shape index (κ3) is 5.88. The number of hydrogen-bond acceptors (Lipinski definition) is 8. The topological polar surface area (TPSA) is 122 Å². The number of pyridine rings is 1. The Morgan fingerprint density at radius 1 is 1.25 bits per heavy atom. The van der Waals surface area contributed by atoms with Gasteiger partial charge >= 0.3 is 0 Å². The van der Waals surface area contributed by atoms with Crippen molar-refractivity contribution < 1.29 is 9.90 Å². The quantitative estimate of drug-likeness (QED) is 0.322. The Hall–Kier alpha value is -3.37. The van der Waals surface area contributed by atoms with Crippen LogP contribution in [0.5, 0.6) is 0 Å². The summed E-state index contributed by atoms with van der Waals surface area (Å²) in [6.07, 6.45) is 7.06. The largest absolute Gasteiger partial charge is 0.392 e. The second kappa shape index (κ2) is 11.6. The van der Waals surface area contributed by atoms with Crippen LogP contribution in [0.2, 0.25) is 0 Å². The Kier molecular flexibility index (Phi) is 8.27. The highest BCUT2D eigenvalue weighted by molar-refractivity contribution is 5.98. The molecule has 2 aliphatic rings. The number of aliphatic hydroxyl groups is 1. The van der Waals surface area contributed by atoms with Gasteiger partial charge in [0.05, 0.1) is 18.0 Å². The summed E-state index contributed by atoms with van der Waals surface area (Å²) in [7, 11) is 1.62. The Bertz CT molecular complexity index is 1060. The van der Waals surface area contributed by atoms with Gasteiger partial charge in [0.15, 0.2) is 0 Å². The molecular formula is C26H38N8O2. The first-order valence-electron chi connectivity index (χ1n) is 12.7. The molecule has 3 heterocycles. The number of aliphatic hydroxyl groups excluding tert-OH is 1. The van der Waals surface area contributed by atoms with Crippen molar-refractivity contribution in [2.24, 2.45) is 0 Å². The predicted octanol–water partition coefficient (Wildman–Crippen LogP) is 2.85. The number of nitrogens with zero attached hydrogens (tertiary/aromatic N) is 4. The van der Waals surface area contributed by atoms with Gasteiger partial charge in [-0.25, -0.2) is 4.98 Å². The van der Waals surface area contributed by atoms with Crippen LogP contribution in [0.3, 0.4) is 0 Å². The molecule has 1 saturated heterocycles. The smallest absolute Gasteiger partial charge is 0.267 e. The molecule has 1 aliphatic carbocycles. The van der Waals surface area contributed by atoms with Crippen LogP contribution in [0.4, 0.5) is 17.3 Å². The average molecular weight is 495 g/mol. The predicted molar refractivity (Wildman–Crippen MR) is 144 cm³/mol. The number of carbonyl (C=O) groups excluding carboxylic acids is 1. The van der Waals surface area contributed by atoms with Crippen molar-refractivity contribution in [2.45, 2.75) is 44.8 Å². The number of rotatable bonds is 10. The van der Waals surface area contributed by atoms with E-state index in [0.29, 0.717) is 35.3 Å². The number of carbonyl (C=O) groups is 1. The summed E-state index contributed by atoms with van der Waals surface area (Å²) in [4.78, 5) is 21.7. The van der Waals surface area contributed by atoms with E-state index in [0.717, 1.165) is 57.5 Å². The molecule has 2 fully saturated rings. The van der Waals surface area contributed by atoms with E-state index in [1.54, 1.807) is 13.1 Å². The number of aromatic nitrogens is 2. The van der Waals surface area contributed by atoms with Gasteiger partial charge in [0, 0.05) is 57.6 Å². The number of piperazine rings is 1. The molecule has 0 radical (unpaired) electrons. The molecule has 2 aromatic heterocycles. The Labute approximate surface area is 212 Å². The molecule has 10 heteroatoms. The number of β-amino-alcohol motifs (C(OH)–C–C–N with tert-alkyl or cyclic N) is 1. The van der Waals surface area contributed by atoms with Crippen molar-refractivity contribution >= 4 is 29.4 Å². The molecule has 4 rings (SSSR count). The maximum Gasteiger partial charge on any atom is 0.267 e. The summed E-state index contributed by atoms with van der Waals surface area (Å²) < 4.78 is 2.02. The van der Waals surface area contributed by atoms with Crippen molar-refractivity contribution in [3.8, 4) is 0 Å². The van der Waals surface area contributed by atoms with Crippen LogP contribution in [-0.2, 0) is 0 Å². The Morgan fingerprint density at radius 3 is 2.56 bits per heavy atom. The van der Waals surface area contributed by atoms with E-state index in [4.69, 9.17) is 5.41 Å². The van der Waals surface area contributed by atoms with Gasteiger partial charge in [-0.3, -0.25) is 9.69 Å². The molecule has 1 saturated carbocycles. The Morgan fingerprint density at radius 2 is 1.97 bits per heavy atom. The molecular weight excluding hydrogens is 456 g/mol. The van der Waals surface area contributed by atoms with Crippen molar-refractivity contribution in [1.82, 2.24) is 19.8 Å². The molecule has 10 nitrogen and oxygen atoms in total. The van der Waals surface area contributed by atoms with Crippen LogP contribution >= 0.6 is 0 Å². The first-order valence-corrected chi connectivity index (χ1v) is 12.7. The highest BCUT2D eigenvalue weighted by atomic mass is 16.3. The van der Waals surface area contributed by atoms with Gasteiger partial charge < -0.3 is 35.9 Å². The van der Waals surface area contributed by atoms with Crippen LogP contribution in [0.15, 0.2) is 36.8 Å². The van der Waals surface area contributed by atoms with Gasteiger partial charge in [-0.1, -0.05) is 19.4 Å². The lowest BCUT2D eigenvalue weighted by Crippen LogP contribution is -2.48. The normalized spacial score (nSPS) is 17.6. The standard InChI is InChI=1S/C26H38N8O2/c1-18(35)17-32-10-12-33(13-11-32)22-8-9-24(29-16-22)30-19(2)31-25-20(15-27)14-23(26(36)28-3)34(25)21-6-4-5-7-21/h8-9,14-16,18,21,27,31,35H,2,4-7,10-13,17H2,1,3H3,(H,28,36)(H,29,30)/t18-/m1/s1. The SMILES string of the molecule is C=C(Nc1ccc(N2CCN(C[C@@H](C)O)CC2)cn1)Nc1c(C=N)cc(C(=O)NC)n1C1CCCC1. The summed E-state index contributed by atoms with van der Waals surface area (Å²) in [5.74, 6) is 1.71. The van der Waals surface area contributed by atoms with Gasteiger partial charge in [0.2, 0.25) is 0 Å². The molecule has 0 spiro atoms. The fraction of sp³-hybridized carbons (Fsp3) is 0.500. The Balaban J connectivity index is 1.42. The summed E-state index contributed by atoms with van der Waals surface area (Å²) in [6.45, 7) is 10.3. The number of nitrogens with one attached hydrogen (secondary N) is 4. The second-order valence-electron chi connectivity index (χ2n) is 9.63. The van der Waals surface area contributed by atoms with Gasteiger partial charge in [0.1, 0.15) is 23.2 Å². The second-order valence-corrected chi connectivity index (χ2v) is 9.63. The van der Waals surface area contributed by atoms with E-state index in [2.05, 4.69) is 37.3 Å².